The second-order valence-corrected chi connectivity index (χ2v) is 11.4. The zero-order chi connectivity index (χ0) is 25.9. The van der Waals surface area contributed by atoms with Crippen LogP contribution in [0.25, 0.3) is 22.5 Å². The monoisotopic (exact) mass is 503 g/mol. The average Bonchev–Trinajstić information content (AvgIpc) is 3.42. The summed E-state index contributed by atoms with van der Waals surface area (Å²) in [5.74, 6) is 0.261. The highest BCUT2D eigenvalue weighted by Crippen LogP contribution is 2.56. The van der Waals surface area contributed by atoms with Crippen molar-refractivity contribution in [2.75, 3.05) is 17.2 Å². The van der Waals surface area contributed by atoms with Gasteiger partial charge in [-0.3, -0.25) is 0 Å². The van der Waals surface area contributed by atoms with Crippen molar-refractivity contribution in [1.82, 2.24) is 15.2 Å². The van der Waals surface area contributed by atoms with Crippen LogP contribution in [0.15, 0.2) is 22.6 Å². The van der Waals surface area contributed by atoms with Crippen LogP contribution in [-0.4, -0.2) is 45.2 Å². The zero-order valence-electron chi connectivity index (χ0n) is 21.0. The molecule has 3 N–H and O–H groups in total. The molecule has 10 heteroatoms. The van der Waals surface area contributed by atoms with Gasteiger partial charge in [0.2, 0.25) is 0 Å². The molecule has 2 aromatic heterocycles. The smallest absolute Gasteiger partial charge is 0.402 e. The maximum Gasteiger partial charge on any atom is 0.405 e. The number of rotatable bonds is 5. The predicted octanol–water partition coefficient (Wildman–Crippen LogP) is 5.97. The van der Waals surface area contributed by atoms with Crippen LogP contribution in [0, 0.1) is 12.3 Å². The normalized spacial score (nSPS) is 21.7. The first-order valence-electron chi connectivity index (χ1n) is 12.4. The van der Waals surface area contributed by atoms with E-state index in [1.165, 1.54) is 0 Å². The molecule has 7 nitrogen and oxygen atoms in total. The highest BCUT2D eigenvalue weighted by Gasteiger charge is 2.51. The first-order valence-corrected chi connectivity index (χ1v) is 12.4. The molecule has 2 fully saturated rings. The van der Waals surface area contributed by atoms with E-state index in [1.54, 1.807) is 18.2 Å². The molecule has 0 aliphatic heterocycles. The van der Waals surface area contributed by atoms with Gasteiger partial charge in [0.15, 0.2) is 0 Å². The summed E-state index contributed by atoms with van der Waals surface area (Å²) < 4.78 is 44.3. The fourth-order valence-electron chi connectivity index (χ4n) is 5.18. The number of pyridine rings is 1. The van der Waals surface area contributed by atoms with Gasteiger partial charge in [0.05, 0.1) is 11.6 Å². The van der Waals surface area contributed by atoms with Gasteiger partial charge in [-0.15, -0.1) is 5.10 Å². The fraction of sp³-hybridized carbons (Fsp3) is 0.577. The van der Waals surface area contributed by atoms with Gasteiger partial charge >= 0.3 is 12.2 Å². The lowest BCUT2D eigenvalue weighted by Crippen LogP contribution is -2.37. The number of anilines is 2. The van der Waals surface area contributed by atoms with Crippen LogP contribution in [0.3, 0.4) is 0 Å². The molecule has 0 saturated heterocycles. The Bertz CT molecular complexity index is 1280. The first kappa shape index (κ1) is 24.8. The van der Waals surface area contributed by atoms with Gasteiger partial charge in [-0.1, -0.05) is 25.9 Å². The van der Waals surface area contributed by atoms with Crippen molar-refractivity contribution >= 4 is 22.6 Å². The fourth-order valence-corrected chi connectivity index (χ4v) is 5.18. The number of hydrogen-bond donors (Lipinski definition) is 3. The highest BCUT2D eigenvalue weighted by atomic mass is 19.4. The number of halogens is 3. The summed E-state index contributed by atoms with van der Waals surface area (Å²) in [7, 11) is 0. The van der Waals surface area contributed by atoms with Gasteiger partial charge in [-0.25, -0.2) is 4.98 Å². The molecule has 2 aliphatic carbocycles. The number of hydrogen-bond acceptors (Lipinski definition) is 7. The van der Waals surface area contributed by atoms with Gasteiger partial charge in [0.1, 0.15) is 12.2 Å². The number of fused-ring (bicyclic) bond motifs is 1. The topological polar surface area (TPSA) is 96.1 Å². The maximum atomic E-state index is 12.8. The molecule has 3 aromatic rings. The largest absolute Gasteiger partial charge is 0.405 e. The number of benzene rings is 1. The molecule has 5 rings (SSSR count). The number of nitrogens with one attached hydrogen (secondary N) is 2. The zero-order valence-corrected chi connectivity index (χ0v) is 21.0. The first-order chi connectivity index (χ1) is 16.8. The molecular formula is C26H32F3N5O2. The number of aliphatic hydroxyl groups is 1. The molecule has 0 bridgehead atoms. The Morgan fingerprint density at radius 2 is 1.86 bits per heavy atom. The molecule has 0 amide bonds. The van der Waals surface area contributed by atoms with Gasteiger partial charge < -0.3 is 20.2 Å². The summed E-state index contributed by atoms with van der Waals surface area (Å²) in [6, 6.07) is 5.59. The molecule has 2 saturated carbocycles. The third kappa shape index (κ3) is 5.00. The second-order valence-electron chi connectivity index (χ2n) is 11.4. The van der Waals surface area contributed by atoms with Crippen LogP contribution in [0.1, 0.15) is 64.0 Å². The van der Waals surface area contributed by atoms with Crippen LogP contribution in [0.2, 0.25) is 0 Å². The number of aliphatic hydroxyl groups excluding tert-OH is 1. The van der Waals surface area contributed by atoms with Crippen LogP contribution in [-0.2, 0) is 5.41 Å². The molecule has 2 atom stereocenters. The molecule has 2 unspecified atom stereocenters. The van der Waals surface area contributed by atoms with Crippen LogP contribution < -0.4 is 10.6 Å². The lowest BCUT2D eigenvalue weighted by atomic mass is 9.81. The standard InChI is InChI=1S/C26H32F3N5O2/c1-14-9-19(22-33-34-23(36-22)31-15-5-6-25(7-8-25)20(35)12-15)32-21-17(14)10-16(30-13-26(27,28)29)11-18(21)24(2,3)4/h9-11,15,20,30,35H,5-8,12-13H2,1-4H3,(H,31,34). The van der Waals surface area contributed by atoms with E-state index in [2.05, 4.69) is 20.8 Å². The van der Waals surface area contributed by atoms with Crippen molar-refractivity contribution in [3.8, 4) is 11.6 Å². The SMILES string of the molecule is Cc1cc(-c2nnc(NC3CCC4(CC4)C(O)C3)o2)nc2c(C(C)(C)C)cc(NCC(F)(F)F)cc12. The van der Waals surface area contributed by atoms with Crippen molar-refractivity contribution in [3.63, 3.8) is 0 Å². The Kier molecular flexibility index (Phi) is 5.93. The highest BCUT2D eigenvalue weighted by molar-refractivity contribution is 5.90. The van der Waals surface area contributed by atoms with E-state index in [9.17, 15) is 18.3 Å². The quantitative estimate of drug-likeness (QED) is 0.395. The van der Waals surface area contributed by atoms with Crippen LogP contribution in [0.5, 0.6) is 0 Å². The lowest BCUT2D eigenvalue weighted by molar-refractivity contribution is -0.115. The van der Waals surface area contributed by atoms with E-state index >= 15 is 0 Å². The predicted molar refractivity (Wildman–Crippen MR) is 132 cm³/mol. The Morgan fingerprint density at radius 1 is 1.11 bits per heavy atom. The van der Waals surface area contributed by atoms with E-state index in [0.29, 0.717) is 23.3 Å². The van der Waals surface area contributed by atoms with Crippen molar-refractivity contribution in [2.45, 2.75) is 83.5 Å². The van der Waals surface area contributed by atoms with Gasteiger partial charge in [0.25, 0.3) is 5.89 Å². The molecule has 1 spiro atoms. The summed E-state index contributed by atoms with van der Waals surface area (Å²) in [6.45, 7) is 6.78. The summed E-state index contributed by atoms with van der Waals surface area (Å²) >= 11 is 0. The van der Waals surface area contributed by atoms with E-state index in [-0.39, 0.29) is 34.9 Å². The minimum Gasteiger partial charge on any atom is -0.402 e. The Hall–Kier alpha value is -2.88. The van der Waals surface area contributed by atoms with E-state index in [4.69, 9.17) is 9.40 Å². The van der Waals surface area contributed by atoms with E-state index in [1.807, 2.05) is 27.7 Å². The van der Waals surface area contributed by atoms with Gasteiger partial charge in [-0.05, 0) is 79.2 Å². The summed E-state index contributed by atoms with van der Waals surface area (Å²) in [4.78, 5) is 4.81. The molecule has 0 radical (unpaired) electrons. The molecule has 194 valence electrons. The van der Waals surface area contributed by atoms with Crippen molar-refractivity contribution in [3.05, 3.63) is 29.3 Å². The van der Waals surface area contributed by atoms with Crippen LogP contribution >= 0.6 is 0 Å². The average molecular weight is 504 g/mol. The third-order valence-corrected chi connectivity index (χ3v) is 7.49. The molecule has 2 aliphatic rings. The maximum absolute atomic E-state index is 12.8. The Labute approximate surface area is 207 Å². The molecule has 36 heavy (non-hydrogen) atoms. The summed E-state index contributed by atoms with van der Waals surface area (Å²) in [5, 5.41) is 25.3. The van der Waals surface area contributed by atoms with Gasteiger partial charge in [0, 0.05) is 17.1 Å². The van der Waals surface area contributed by atoms with Gasteiger partial charge in [-0.2, -0.15) is 13.2 Å². The second kappa shape index (κ2) is 8.61. The molecule has 1 aromatic carbocycles. The van der Waals surface area contributed by atoms with E-state index in [0.717, 1.165) is 42.2 Å². The summed E-state index contributed by atoms with van der Waals surface area (Å²) in [6.07, 6.45) is 0.193. The number of alkyl halides is 3. The minimum atomic E-state index is -4.31. The number of nitrogens with zero attached hydrogens (tertiary/aromatic N) is 3. The Morgan fingerprint density at radius 3 is 2.50 bits per heavy atom. The Balaban J connectivity index is 1.43. The molecular weight excluding hydrogens is 471 g/mol. The van der Waals surface area contributed by atoms with Crippen molar-refractivity contribution < 1.29 is 22.7 Å². The summed E-state index contributed by atoms with van der Waals surface area (Å²) in [5.41, 5.74) is 3.02. The third-order valence-electron chi connectivity index (χ3n) is 7.49. The van der Waals surface area contributed by atoms with E-state index < -0.39 is 12.7 Å². The van der Waals surface area contributed by atoms with Crippen LogP contribution in [0.4, 0.5) is 24.9 Å². The van der Waals surface area contributed by atoms with Crippen molar-refractivity contribution in [1.29, 1.82) is 0 Å². The number of aromatic nitrogens is 3. The minimum absolute atomic E-state index is 0.0703. The number of aryl methyl sites for hydroxylation is 1. The molecule has 2 heterocycles. The lowest BCUT2D eigenvalue weighted by Gasteiger charge is -2.33. The van der Waals surface area contributed by atoms with Crippen molar-refractivity contribution in [2.24, 2.45) is 5.41 Å².